The number of carbonyl (C=O) groups is 2. The highest BCUT2D eigenvalue weighted by molar-refractivity contribution is 5.97. The first-order valence-corrected chi connectivity index (χ1v) is 9.28. The molecule has 2 heterocycles. The Morgan fingerprint density at radius 1 is 1.25 bits per heavy atom. The molecule has 0 aromatic heterocycles. The number of rotatable bonds is 5. The number of hydrogen-bond donors (Lipinski definition) is 1. The van der Waals surface area contributed by atoms with Gasteiger partial charge in [0.05, 0.1) is 0 Å². The maximum atomic E-state index is 11.8. The van der Waals surface area contributed by atoms with E-state index in [0.717, 1.165) is 19.0 Å². The lowest BCUT2D eigenvalue weighted by Crippen LogP contribution is -2.51. The van der Waals surface area contributed by atoms with E-state index in [2.05, 4.69) is 29.1 Å². The van der Waals surface area contributed by atoms with Crippen LogP contribution in [0.2, 0.25) is 0 Å². The van der Waals surface area contributed by atoms with Crippen molar-refractivity contribution in [2.45, 2.75) is 58.8 Å². The molecule has 0 aromatic rings. The van der Waals surface area contributed by atoms with Crippen molar-refractivity contribution in [2.75, 3.05) is 33.2 Å². The molecule has 1 N–H and O–H groups in total. The Hall–Kier alpha value is -1.59. The number of amides is 2. The van der Waals surface area contributed by atoms with Crippen LogP contribution in [-0.4, -0.2) is 60.8 Å². The summed E-state index contributed by atoms with van der Waals surface area (Å²) in [4.78, 5) is 31.8. The van der Waals surface area contributed by atoms with Gasteiger partial charge in [0.15, 0.2) is 5.96 Å². The van der Waals surface area contributed by atoms with E-state index in [4.69, 9.17) is 0 Å². The lowest BCUT2D eigenvalue weighted by Gasteiger charge is -2.42. The van der Waals surface area contributed by atoms with Crippen molar-refractivity contribution in [3.05, 3.63) is 0 Å². The molecule has 0 bridgehead atoms. The summed E-state index contributed by atoms with van der Waals surface area (Å²) in [5, 5.41) is 3.34. The molecular formula is C18H32N4O2. The fourth-order valence-electron chi connectivity index (χ4n) is 3.97. The molecule has 2 saturated heterocycles. The number of piperidine rings is 2. The Morgan fingerprint density at radius 3 is 2.58 bits per heavy atom. The summed E-state index contributed by atoms with van der Waals surface area (Å²) in [7, 11) is 1.80. The molecule has 2 amide bonds. The number of guanidine groups is 1. The number of nitrogens with zero attached hydrogens (tertiary/aromatic N) is 3. The summed E-state index contributed by atoms with van der Waals surface area (Å²) in [6.07, 6.45) is 6.55. The van der Waals surface area contributed by atoms with E-state index in [-0.39, 0.29) is 11.8 Å². The van der Waals surface area contributed by atoms with Crippen molar-refractivity contribution in [2.24, 2.45) is 10.4 Å². The SMILES string of the molecule is CCCC1(C)CCCN(C(=NC)NCCN2C(=O)CCCC2=O)C1. The molecule has 0 spiro atoms. The van der Waals surface area contributed by atoms with Crippen LogP contribution in [0, 0.1) is 5.41 Å². The van der Waals surface area contributed by atoms with E-state index >= 15 is 0 Å². The molecule has 2 fully saturated rings. The van der Waals surface area contributed by atoms with Gasteiger partial charge in [-0.3, -0.25) is 19.5 Å². The highest BCUT2D eigenvalue weighted by atomic mass is 16.2. The van der Waals surface area contributed by atoms with Crippen LogP contribution in [0.25, 0.3) is 0 Å². The molecule has 6 heteroatoms. The van der Waals surface area contributed by atoms with Crippen molar-refractivity contribution in [1.29, 1.82) is 0 Å². The van der Waals surface area contributed by atoms with Crippen LogP contribution in [0.15, 0.2) is 4.99 Å². The van der Waals surface area contributed by atoms with Crippen LogP contribution >= 0.6 is 0 Å². The molecule has 2 aliphatic heterocycles. The lowest BCUT2D eigenvalue weighted by molar-refractivity contribution is -0.147. The van der Waals surface area contributed by atoms with Crippen molar-refractivity contribution >= 4 is 17.8 Å². The normalized spacial score (nSPS) is 26.0. The van der Waals surface area contributed by atoms with Crippen molar-refractivity contribution < 1.29 is 9.59 Å². The third-order valence-electron chi connectivity index (χ3n) is 5.15. The average Bonchev–Trinajstić information content (AvgIpc) is 2.54. The van der Waals surface area contributed by atoms with Gasteiger partial charge in [0.1, 0.15) is 0 Å². The Morgan fingerprint density at radius 2 is 1.96 bits per heavy atom. The first kappa shape index (κ1) is 18.7. The van der Waals surface area contributed by atoms with Crippen molar-refractivity contribution in [1.82, 2.24) is 15.1 Å². The predicted molar refractivity (Wildman–Crippen MR) is 95.8 cm³/mol. The molecule has 1 atom stereocenters. The second-order valence-electron chi connectivity index (χ2n) is 7.35. The van der Waals surface area contributed by atoms with Gasteiger partial charge in [-0.05, 0) is 31.1 Å². The highest BCUT2D eigenvalue weighted by Gasteiger charge is 2.31. The van der Waals surface area contributed by atoms with Gasteiger partial charge in [-0.15, -0.1) is 0 Å². The predicted octanol–water partition coefficient (Wildman–Crippen LogP) is 2.00. The molecule has 0 aliphatic carbocycles. The second kappa shape index (κ2) is 8.49. The van der Waals surface area contributed by atoms with Gasteiger partial charge < -0.3 is 10.2 Å². The summed E-state index contributed by atoms with van der Waals surface area (Å²) in [5.74, 6) is 0.794. The van der Waals surface area contributed by atoms with Crippen LogP contribution in [0.3, 0.4) is 0 Å². The van der Waals surface area contributed by atoms with E-state index in [0.29, 0.717) is 37.8 Å². The standard InChI is InChI=1S/C18H32N4O2/c1-4-9-18(2)10-6-12-21(14-18)17(19-3)20-11-13-22-15(23)7-5-8-16(22)24/h4-14H2,1-3H3,(H,19,20). The van der Waals surface area contributed by atoms with Crippen molar-refractivity contribution in [3.63, 3.8) is 0 Å². The topological polar surface area (TPSA) is 65.0 Å². The van der Waals surface area contributed by atoms with Crippen LogP contribution in [0.4, 0.5) is 0 Å². The van der Waals surface area contributed by atoms with E-state index in [1.807, 2.05) is 0 Å². The largest absolute Gasteiger partial charge is 0.354 e. The Bertz CT molecular complexity index is 471. The molecule has 0 radical (unpaired) electrons. The molecular weight excluding hydrogens is 304 g/mol. The van der Waals surface area contributed by atoms with E-state index < -0.39 is 0 Å². The number of aliphatic imine (C=N–C) groups is 1. The zero-order valence-corrected chi connectivity index (χ0v) is 15.4. The lowest BCUT2D eigenvalue weighted by atomic mass is 9.78. The van der Waals surface area contributed by atoms with Gasteiger partial charge in [0.25, 0.3) is 0 Å². The van der Waals surface area contributed by atoms with Gasteiger partial charge >= 0.3 is 0 Å². The first-order chi connectivity index (χ1) is 11.5. The summed E-state index contributed by atoms with van der Waals surface area (Å²) in [5.41, 5.74) is 0.351. The number of likely N-dealkylation sites (tertiary alicyclic amines) is 2. The van der Waals surface area contributed by atoms with Crippen LogP contribution in [0.5, 0.6) is 0 Å². The molecule has 0 aromatic carbocycles. The minimum absolute atomic E-state index is 0.0449. The third kappa shape index (κ3) is 4.71. The quantitative estimate of drug-likeness (QED) is 0.474. The molecule has 6 nitrogen and oxygen atoms in total. The Labute approximate surface area is 145 Å². The monoisotopic (exact) mass is 336 g/mol. The fourth-order valence-corrected chi connectivity index (χ4v) is 3.97. The number of hydrogen-bond acceptors (Lipinski definition) is 3. The van der Waals surface area contributed by atoms with Crippen LogP contribution < -0.4 is 5.32 Å². The van der Waals surface area contributed by atoms with Crippen LogP contribution in [0.1, 0.15) is 58.8 Å². The number of imide groups is 1. The molecule has 2 aliphatic rings. The zero-order chi connectivity index (χ0) is 17.6. The van der Waals surface area contributed by atoms with Gasteiger partial charge in [-0.25, -0.2) is 0 Å². The minimum atomic E-state index is -0.0449. The second-order valence-corrected chi connectivity index (χ2v) is 7.35. The minimum Gasteiger partial charge on any atom is -0.354 e. The summed E-state index contributed by atoms with van der Waals surface area (Å²) in [6.45, 7) is 7.62. The number of nitrogens with one attached hydrogen (secondary N) is 1. The summed E-state index contributed by atoms with van der Waals surface area (Å²) in [6, 6.07) is 0. The van der Waals surface area contributed by atoms with Gasteiger partial charge in [-0.2, -0.15) is 0 Å². The summed E-state index contributed by atoms with van der Waals surface area (Å²) < 4.78 is 0. The maximum absolute atomic E-state index is 11.8. The van der Waals surface area contributed by atoms with E-state index in [1.54, 1.807) is 7.05 Å². The van der Waals surface area contributed by atoms with Gasteiger partial charge in [0.2, 0.25) is 11.8 Å². The van der Waals surface area contributed by atoms with Crippen molar-refractivity contribution in [3.8, 4) is 0 Å². The number of carbonyl (C=O) groups excluding carboxylic acids is 2. The zero-order valence-electron chi connectivity index (χ0n) is 15.4. The van der Waals surface area contributed by atoms with Gasteiger partial charge in [-0.1, -0.05) is 20.3 Å². The fraction of sp³-hybridized carbons (Fsp3) is 0.833. The molecule has 136 valence electrons. The maximum Gasteiger partial charge on any atom is 0.229 e. The molecule has 24 heavy (non-hydrogen) atoms. The third-order valence-corrected chi connectivity index (χ3v) is 5.15. The Balaban J connectivity index is 1.86. The first-order valence-electron chi connectivity index (χ1n) is 9.28. The van der Waals surface area contributed by atoms with E-state index in [9.17, 15) is 9.59 Å². The molecule has 0 saturated carbocycles. The molecule has 1 unspecified atom stereocenters. The van der Waals surface area contributed by atoms with E-state index in [1.165, 1.54) is 30.6 Å². The van der Waals surface area contributed by atoms with Crippen LogP contribution in [-0.2, 0) is 9.59 Å². The average molecular weight is 336 g/mol. The molecule has 2 rings (SSSR count). The van der Waals surface area contributed by atoms with Gasteiger partial charge in [0, 0.05) is 46.1 Å². The Kier molecular flexibility index (Phi) is 6.63. The smallest absolute Gasteiger partial charge is 0.229 e. The summed E-state index contributed by atoms with van der Waals surface area (Å²) >= 11 is 0. The highest BCUT2D eigenvalue weighted by Crippen LogP contribution is 2.33.